The van der Waals surface area contributed by atoms with Crippen LogP contribution in [0.2, 0.25) is 0 Å². The highest BCUT2D eigenvalue weighted by atomic mass is 32.2. The number of amides is 2. The number of hydrogen-bond donors (Lipinski definition) is 1. The van der Waals surface area contributed by atoms with Crippen molar-refractivity contribution in [3.05, 3.63) is 40.8 Å². The molecule has 1 aromatic carbocycles. The highest BCUT2D eigenvalue weighted by Crippen LogP contribution is 2.36. The Bertz CT molecular complexity index is 1060. The lowest BCUT2D eigenvalue weighted by Gasteiger charge is -2.32. The molecule has 0 saturated carbocycles. The van der Waals surface area contributed by atoms with Gasteiger partial charge in [-0.15, -0.1) is 0 Å². The lowest BCUT2D eigenvalue weighted by molar-refractivity contribution is -0.123. The highest BCUT2D eigenvalue weighted by Gasteiger charge is 2.32. The van der Waals surface area contributed by atoms with Gasteiger partial charge in [0.1, 0.15) is 10.1 Å². The van der Waals surface area contributed by atoms with Crippen LogP contribution in [0.3, 0.4) is 0 Å². The number of primary amides is 1. The number of para-hydroxylation sites is 1. The number of nitrogens with two attached hydrogens (primary N) is 1. The molecule has 2 fully saturated rings. The molecule has 0 spiro atoms. The van der Waals surface area contributed by atoms with Gasteiger partial charge in [-0.05, 0) is 37.5 Å². The van der Waals surface area contributed by atoms with Gasteiger partial charge in [-0.1, -0.05) is 55.5 Å². The molecule has 162 valence electrons. The van der Waals surface area contributed by atoms with Gasteiger partial charge in [0.2, 0.25) is 5.91 Å². The standard InChI is InChI=1S/C23H26N4O2S2/c1-2-3-10-27-22(29)19(31-23(27)30)14-17-13-16-6-4-5-7-18(16)25-21(17)26-11-8-15(9-12-26)20(24)28/h4-7,13-15H,2-3,8-12H2,1H3,(H2,24,28)/b19-14-. The summed E-state index contributed by atoms with van der Waals surface area (Å²) in [6.07, 6.45) is 5.28. The Morgan fingerprint density at radius 1 is 1.32 bits per heavy atom. The zero-order valence-corrected chi connectivity index (χ0v) is 19.2. The normalized spacial score (nSPS) is 19.1. The topological polar surface area (TPSA) is 79.5 Å². The Kier molecular flexibility index (Phi) is 6.57. The van der Waals surface area contributed by atoms with E-state index in [2.05, 4.69) is 17.9 Å². The first-order valence-corrected chi connectivity index (χ1v) is 11.9. The fraction of sp³-hybridized carbons (Fsp3) is 0.391. The second-order valence-corrected chi connectivity index (χ2v) is 9.62. The number of hydrogen-bond acceptors (Lipinski definition) is 6. The van der Waals surface area contributed by atoms with Gasteiger partial charge in [0, 0.05) is 36.5 Å². The number of aromatic nitrogens is 1. The number of thiocarbonyl (C=S) groups is 1. The molecule has 2 aliphatic heterocycles. The SMILES string of the molecule is CCCCN1C(=O)/C(=C/c2cc3ccccc3nc2N2CCC(C(N)=O)CC2)SC1=S. The first-order chi connectivity index (χ1) is 15.0. The van der Waals surface area contributed by atoms with E-state index in [0.29, 0.717) is 41.7 Å². The second kappa shape index (κ2) is 9.36. The van der Waals surface area contributed by atoms with Crippen LogP contribution in [0, 0.1) is 5.92 Å². The molecule has 2 amide bonds. The van der Waals surface area contributed by atoms with Gasteiger partial charge < -0.3 is 10.6 Å². The van der Waals surface area contributed by atoms with Crippen molar-refractivity contribution in [2.45, 2.75) is 32.6 Å². The number of carbonyl (C=O) groups is 2. The number of unbranched alkanes of at least 4 members (excludes halogenated alkanes) is 1. The van der Waals surface area contributed by atoms with E-state index in [4.69, 9.17) is 22.9 Å². The molecule has 2 saturated heterocycles. The maximum absolute atomic E-state index is 13.0. The number of piperidine rings is 1. The summed E-state index contributed by atoms with van der Waals surface area (Å²) in [4.78, 5) is 34.0. The minimum atomic E-state index is -0.234. The third-order valence-electron chi connectivity index (χ3n) is 5.82. The molecule has 4 rings (SSSR count). The van der Waals surface area contributed by atoms with Crippen molar-refractivity contribution in [2.24, 2.45) is 11.7 Å². The van der Waals surface area contributed by atoms with Crippen molar-refractivity contribution < 1.29 is 9.59 Å². The molecule has 2 aliphatic rings. The maximum Gasteiger partial charge on any atom is 0.266 e. The smallest absolute Gasteiger partial charge is 0.266 e. The summed E-state index contributed by atoms with van der Waals surface area (Å²) in [6, 6.07) is 10.0. The lowest BCUT2D eigenvalue weighted by Crippen LogP contribution is -2.39. The summed E-state index contributed by atoms with van der Waals surface area (Å²) >= 11 is 6.81. The second-order valence-electron chi connectivity index (χ2n) is 7.94. The molecule has 8 heteroatoms. The van der Waals surface area contributed by atoms with Gasteiger partial charge in [0.25, 0.3) is 5.91 Å². The van der Waals surface area contributed by atoms with Gasteiger partial charge in [-0.3, -0.25) is 14.5 Å². The van der Waals surface area contributed by atoms with Gasteiger partial charge >= 0.3 is 0 Å². The van der Waals surface area contributed by atoms with Gasteiger partial charge in [-0.2, -0.15) is 0 Å². The van der Waals surface area contributed by atoms with E-state index in [9.17, 15) is 9.59 Å². The number of anilines is 1. The average Bonchev–Trinajstić information content (AvgIpc) is 3.04. The largest absolute Gasteiger partial charge is 0.369 e. The van der Waals surface area contributed by atoms with E-state index in [0.717, 1.165) is 35.1 Å². The minimum absolute atomic E-state index is 0.0324. The van der Waals surface area contributed by atoms with E-state index in [1.54, 1.807) is 4.90 Å². The molecule has 0 bridgehead atoms. The predicted octanol–water partition coefficient (Wildman–Crippen LogP) is 3.94. The number of rotatable bonds is 6. The number of benzene rings is 1. The molecule has 0 atom stereocenters. The quantitative estimate of drug-likeness (QED) is 0.526. The predicted molar refractivity (Wildman–Crippen MR) is 131 cm³/mol. The summed E-state index contributed by atoms with van der Waals surface area (Å²) in [5.74, 6) is 0.479. The van der Waals surface area contributed by atoms with Crippen molar-refractivity contribution in [2.75, 3.05) is 24.5 Å². The zero-order chi connectivity index (χ0) is 22.0. The molecule has 31 heavy (non-hydrogen) atoms. The van der Waals surface area contributed by atoms with Crippen LogP contribution in [0.25, 0.3) is 17.0 Å². The Morgan fingerprint density at radius 2 is 2.06 bits per heavy atom. The Morgan fingerprint density at radius 3 is 2.77 bits per heavy atom. The molecular weight excluding hydrogens is 428 g/mol. The lowest BCUT2D eigenvalue weighted by atomic mass is 9.96. The molecule has 2 N–H and O–H groups in total. The van der Waals surface area contributed by atoms with Gasteiger partial charge in [0.05, 0.1) is 10.4 Å². The van der Waals surface area contributed by atoms with Crippen LogP contribution in [-0.2, 0) is 9.59 Å². The van der Waals surface area contributed by atoms with E-state index < -0.39 is 0 Å². The summed E-state index contributed by atoms with van der Waals surface area (Å²) in [5, 5.41) is 1.02. The van der Waals surface area contributed by atoms with Crippen molar-refractivity contribution >= 4 is 62.9 Å². The maximum atomic E-state index is 13.0. The van der Waals surface area contributed by atoms with E-state index in [1.807, 2.05) is 30.3 Å². The third-order valence-corrected chi connectivity index (χ3v) is 7.20. The fourth-order valence-electron chi connectivity index (χ4n) is 4.01. The van der Waals surface area contributed by atoms with E-state index in [-0.39, 0.29) is 17.7 Å². The first kappa shape index (κ1) is 21.8. The van der Waals surface area contributed by atoms with Crippen LogP contribution in [-0.4, -0.2) is 45.7 Å². The Hall–Kier alpha value is -2.45. The molecule has 6 nitrogen and oxygen atoms in total. The Balaban J connectivity index is 1.69. The highest BCUT2D eigenvalue weighted by molar-refractivity contribution is 8.26. The number of pyridine rings is 1. The molecule has 0 radical (unpaired) electrons. The monoisotopic (exact) mass is 454 g/mol. The molecule has 0 unspecified atom stereocenters. The first-order valence-electron chi connectivity index (χ1n) is 10.7. The van der Waals surface area contributed by atoms with Crippen LogP contribution < -0.4 is 10.6 Å². The fourth-order valence-corrected chi connectivity index (χ4v) is 5.31. The number of thioether (sulfide) groups is 1. The van der Waals surface area contributed by atoms with Crippen LogP contribution in [0.15, 0.2) is 35.2 Å². The van der Waals surface area contributed by atoms with Crippen LogP contribution in [0.4, 0.5) is 5.82 Å². The van der Waals surface area contributed by atoms with Crippen LogP contribution >= 0.6 is 24.0 Å². The van der Waals surface area contributed by atoms with Gasteiger partial charge in [0.15, 0.2) is 0 Å². The average molecular weight is 455 g/mol. The van der Waals surface area contributed by atoms with E-state index >= 15 is 0 Å². The minimum Gasteiger partial charge on any atom is -0.369 e. The molecular formula is C23H26N4O2S2. The van der Waals surface area contributed by atoms with Crippen molar-refractivity contribution in [3.8, 4) is 0 Å². The summed E-state index contributed by atoms with van der Waals surface area (Å²) in [6.45, 7) is 4.17. The number of nitrogens with zero attached hydrogens (tertiary/aromatic N) is 3. The molecule has 3 heterocycles. The van der Waals surface area contributed by atoms with Crippen molar-refractivity contribution in [1.29, 1.82) is 0 Å². The van der Waals surface area contributed by atoms with Crippen LogP contribution in [0.5, 0.6) is 0 Å². The van der Waals surface area contributed by atoms with E-state index in [1.165, 1.54) is 11.8 Å². The molecule has 1 aromatic heterocycles. The number of fused-ring (bicyclic) bond motifs is 1. The third kappa shape index (κ3) is 4.60. The zero-order valence-electron chi connectivity index (χ0n) is 17.5. The summed E-state index contributed by atoms with van der Waals surface area (Å²) in [7, 11) is 0. The molecule has 0 aliphatic carbocycles. The summed E-state index contributed by atoms with van der Waals surface area (Å²) < 4.78 is 0.613. The summed E-state index contributed by atoms with van der Waals surface area (Å²) in [5.41, 5.74) is 7.30. The number of carbonyl (C=O) groups excluding carboxylic acids is 2. The van der Waals surface area contributed by atoms with Crippen LogP contribution in [0.1, 0.15) is 38.2 Å². The Labute approximate surface area is 191 Å². The van der Waals surface area contributed by atoms with Crippen molar-refractivity contribution in [3.63, 3.8) is 0 Å². The molecule has 2 aromatic rings. The van der Waals surface area contributed by atoms with Gasteiger partial charge in [-0.25, -0.2) is 4.98 Å². The van der Waals surface area contributed by atoms with Crippen molar-refractivity contribution in [1.82, 2.24) is 9.88 Å².